The molecule has 0 spiro atoms. The van der Waals surface area contributed by atoms with Gasteiger partial charge in [-0.1, -0.05) is 13.3 Å². The van der Waals surface area contributed by atoms with Crippen LogP contribution in [0.3, 0.4) is 0 Å². The second kappa shape index (κ2) is 11.4. The molecule has 0 bridgehead atoms. The Morgan fingerprint density at radius 2 is 1.92 bits per heavy atom. The van der Waals surface area contributed by atoms with Crippen molar-refractivity contribution in [1.82, 2.24) is 19.9 Å². The first-order valence-electron chi connectivity index (χ1n) is 13.1. The lowest BCUT2D eigenvalue weighted by molar-refractivity contribution is -0.156. The highest BCUT2D eigenvalue weighted by molar-refractivity contribution is 6.06. The number of imidazole rings is 1. The SMILES string of the molecule is CCCCc1nc2c([nH]1)c(N)nc1cc(N3CCN(CCOCCC(=O)OC(C)(C)C)CC3)ccc12. The zero-order valence-electron chi connectivity index (χ0n) is 22.1. The van der Waals surface area contributed by atoms with E-state index in [-0.39, 0.29) is 12.4 Å². The zero-order chi connectivity index (χ0) is 25.7. The van der Waals surface area contributed by atoms with Crippen LogP contribution >= 0.6 is 0 Å². The summed E-state index contributed by atoms with van der Waals surface area (Å²) in [5.41, 5.74) is 9.61. The third-order valence-corrected chi connectivity index (χ3v) is 6.41. The van der Waals surface area contributed by atoms with Gasteiger partial charge in [0, 0.05) is 50.2 Å². The van der Waals surface area contributed by atoms with Gasteiger partial charge >= 0.3 is 5.97 Å². The van der Waals surface area contributed by atoms with Crippen molar-refractivity contribution in [2.75, 3.05) is 56.6 Å². The van der Waals surface area contributed by atoms with Gasteiger partial charge in [-0.25, -0.2) is 9.97 Å². The summed E-state index contributed by atoms with van der Waals surface area (Å²) >= 11 is 0. The number of H-pyrrole nitrogens is 1. The van der Waals surface area contributed by atoms with Gasteiger partial charge < -0.3 is 25.1 Å². The topological polar surface area (TPSA) is 110 Å². The molecule has 1 aliphatic rings. The minimum absolute atomic E-state index is 0.215. The first-order valence-corrected chi connectivity index (χ1v) is 13.1. The van der Waals surface area contributed by atoms with Crippen LogP contribution in [0.5, 0.6) is 0 Å². The number of aryl methyl sites for hydroxylation is 1. The maximum absolute atomic E-state index is 11.8. The highest BCUT2D eigenvalue weighted by Crippen LogP contribution is 2.30. The summed E-state index contributed by atoms with van der Waals surface area (Å²) in [6.45, 7) is 13.5. The number of fused-ring (bicyclic) bond motifs is 3. The molecule has 1 aliphatic heterocycles. The largest absolute Gasteiger partial charge is 0.460 e. The number of carbonyl (C=O) groups is 1. The fourth-order valence-electron chi connectivity index (χ4n) is 4.53. The van der Waals surface area contributed by atoms with Crippen LogP contribution in [-0.4, -0.2) is 77.4 Å². The molecule has 4 rings (SSSR count). The van der Waals surface area contributed by atoms with E-state index in [4.69, 9.17) is 20.2 Å². The molecular formula is C27H40N6O3. The average Bonchev–Trinajstić information content (AvgIpc) is 3.27. The Kier molecular flexibility index (Phi) is 8.31. The normalized spacial score (nSPS) is 15.2. The van der Waals surface area contributed by atoms with Crippen LogP contribution < -0.4 is 10.6 Å². The standard InChI is InChI=1S/C27H40N6O3/c1-5-6-7-22-30-24-20-9-8-19(18-21(20)29-26(28)25(24)31-22)33-13-11-32(12-14-33)15-17-35-16-10-23(34)36-27(2,3)4/h8-9,18H,5-7,10-17H2,1-4H3,(H2,28,29)(H,30,31). The van der Waals surface area contributed by atoms with Crippen LogP contribution in [0, 0.1) is 0 Å². The average molecular weight is 497 g/mol. The molecule has 3 aromatic rings. The number of unbranched alkanes of at least 4 members (excludes halogenated alkanes) is 1. The Balaban J connectivity index is 1.28. The van der Waals surface area contributed by atoms with Gasteiger partial charge in [0.2, 0.25) is 0 Å². The molecule has 0 radical (unpaired) electrons. The molecule has 0 atom stereocenters. The van der Waals surface area contributed by atoms with Gasteiger partial charge in [-0.15, -0.1) is 0 Å². The van der Waals surface area contributed by atoms with Gasteiger partial charge in [0.25, 0.3) is 0 Å². The summed E-state index contributed by atoms with van der Waals surface area (Å²) in [4.78, 5) is 29.4. The number of esters is 1. The van der Waals surface area contributed by atoms with Crippen LogP contribution in [-0.2, 0) is 20.7 Å². The highest BCUT2D eigenvalue weighted by Gasteiger charge is 2.19. The number of ether oxygens (including phenoxy) is 2. The molecule has 1 aromatic carbocycles. The van der Waals surface area contributed by atoms with Crippen molar-refractivity contribution in [3.63, 3.8) is 0 Å². The minimum Gasteiger partial charge on any atom is -0.460 e. The number of rotatable bonds is 10. The molecule has 1 fully saturated rings. The molecule has 3 heterocycles. The Morgan fingerprint density at radius 3 is 2.64 bits per heavy atom. The first-order chi connectivity index (χ1) is 17.2. The highest BCUT2D eigenvalue weighted by atomic mass is 16.6. The van der Waals surface area contributed by atoms with Crippen molar-refractivity contribution in [3.05, 3.63) is 24.0 Å². The van der Waals surface area contributed by atoms with Gasteiger partial charge in [0.15, 0.2) is 0 Å². The van der Waals surface area contributed by atoms with Crippen molar-refractivity contribution < 1.29 is 14.3 Å². The zero-order valence-corrected chi connectivity index (χ0v) is 22.1. The van der Waals surface area contributed by atoms with Crippen molar-refractivity contribution in [2.24, 2.45) is 0 Å². The van der Waals surface area contributed by atoms with Crippen molar-refractivity contribution >= 4 is 39.4 Å². The third-order valence-electron chi connectivity index (χ3n) is 6.41. The van der Waals surface area contributed by atoms with E-state index in [0.29, 0.717) is 19.0 Å². The predicted octanol–water partition coefficient (Wildman–Crippen LogP) is 3.91. The molecule has 36 heavy (non-hydrogen) atoms. The number of hydrogen-bond acceptors (Lipinski definition) is 8. The van der Waals surface area contributed by atoms with E-state index in [0.717, 1.165) is 85.4 Å². The summed E-state index contributed by atoms with van der Waals surface area (Å²) in [6, 6.07) is 6.41. The lowest BCUT2D eigenvalue weighted by atomic mass is 10.1. The fourth-order valence-corrected chi connectivity index (χ4v) is 4.53. The van der Waals surface area contributed by atoms with Crippen LogP contribution in [0.2, 0.25) is 0 Å². The fraction of sp³-hybridized carbons (Fsp3) is 0.593. The van der Waals surface area contributed by atoms with Gasteiger partial charge in [-0.3, -0.25) is 9.69 Å². The molecule has 9 heteroatoms. The second-order valence-electron chi connectivity index (χ2n) is 10.5. The maximum Gasteiger partial charge on any atom is 0.308 e. The number of aromatic nitrogens is 3. The number of aromatic amines is 1. The number of benzene rings is 1. The van der Waals surface area contributed by atoms with Crippen LogP contribution in [0.1, 0.15) is 52.8 Å². The van der Waals surface area contributed by atoms with Gasteiger partial charge in [-0.2, -0.15) is 0 Å². The lowest BCUT2D eigenvalue weighted by Crippen LogP contribution is -2.47. The molecule has 0 saturated carbocycles. The van der Waals surface area contributed by atoms with E-state index < -0.39 is 5.60 Å². The molecule has 1 saturated heterocycles. The number of nitrogens with zero attached hydrogens (tertiary/aromatic N) is 4. The first kappa shape index (κ1) is 26.2. The maximum atomic E-state index is 11.8. The molecule has 0 amide bonds. The number of carbonyl (C=O) groups excluding carboxylic acids is 1. The molecular weight excluding hydrogens is 456 g/mol. The Morgan fingerprint density at radius 1 is 1.14 bits per heavy atom. The summed E-state index contributed by atoms with van der Waals surface area (Å²) in [7, 11) is 0. The summed E-state index contributed by atoms with van der Waals surface area (Å²) < 4.78 is 11.0. The lowest BCUT2D eigenvalue weighted by Gasteiger charge is -2.36. The van der Waals surface area contributed by atoms with Crippen molar-refractivity contribution in [1.29, 1.82) is 0 Å². The Hall–Kier alpha value is -2.91. The van der Waals surface area contributed by atoms with Crippen LogP contribution in [0.25, 0.3) is 21.9 Å². The minimum atomic E-state index is -0.451. The molecule has 196 valence electrons. The molecule has 9 nitrogen and oxygen atoms in total. The smallest absolute Gasteiger partial charge is 0.308 e. The molecule has 2 aromatic heterocycles. The third kappa shape index (κ3) is 6.64. The van der Waals surface area contributed by atoms with E-state index in [1.807, 2.05) is 20.8 Å². The number of nitrogens with one attached hydrogen (secondary N) is 1. The summed E-state index contributed by atoms with van der Waals surface area (Å²) in [5.74, 6) is 1.26. The molecule has 0 unspecified atom stereocenters. The number of piperazine rings is 1. The second-order valence-corrected chi connectivity index (χ2v) is 10.5. The number of anilines is 2. The van der Waals surface area contributed by atoms with Gasteiger partial charge in [0.1, 0.15) is 28.3 Å². The van der Waals surface area contributed by atoms with Crippen LogP contribution in [0.15, 0.2) is 18.2 Å². The summed E-state index contributed by atoms with van der Waals surface area (Å²) in [5, 5.41) is 1.03. The van der Waals surface area contributed by atoms with Crippen LogP contribution in [0.4, 0.5) is 11.5 Å². The molecule has 3 N–H and O–H groups in total. The van der Waals surface area contributed by atoms with E-state index in [2.05, 4.69) is 44.9 Å². The van der Waals surface area contributed by atoms with Gasteiger partial charge in [-0.05, 0) is 45.4 Å². The Labute approximate surface area is 213 Å². The van der Waals surface area contributed by atoms with Crippen molar-refractivity contribution in [2.45, 2.75) is 59.0 Å². The molecule has 0 aliphatic carbocycles. The quantitative estimate of drug-likeness (QED) is 0.321. The Bertz CT molecular complexity index is 1180. The summed E-state index contributed by atoms with van der Waals surface area (Å²) in [6.07, 6.45) is 3.43. The number of nitrogens with two attached hydrogens (primary N) is 1. The number of hydrogen-bond donors (Lipinski definition) is 2. The number of pyridine rings is 1. The van der Waals surface area contributed by atoms with E-state index in [1.54, 1.807) is 0 Å². The van der Waals surface area contributed by atoms with Crippen molar-refractivity contribution in [3.8, 4) is 0 Å². The monoisotopic (exact) mass is 496 g/mol. The number of nitrogen functional groups attached to an aromatic ring is 1. The van der Waals surface area contributed by atoms with Gasteiger partial charge in [0.05, 0.1) is 25.2 Å². The van der Waals surface area contributed by atoms with E-state index >= 15 is 0 Å². The van der Waals surface area contributed by atoms with E-state index in [1.165, 1.54) is 0 Å². The predicted molar refractivity (Wildman–Crippen MR) is 144 cm³/mol. The van der Waals surface area contributed by atoms with E-state index in [9.17, 15) is 4.79 Å².